The van der Waals surface area contributed by atoms with E-state index >= 15 is 0 Å². The van der Waals surface area contributed by atoms with Crippen LogP contribution in [-0.4, -0.2) is 50.9 Å². The van der Waals surface area contributed by atoms with Gasteiger partial charge in [0.1, 0.15) is 18.3 Å². The van der Waals surface area contributed by atoms with Crippen molar-refractivity contribution >= 4 is 50.7 Å². The number of hydrogen-bond donors (Lipinski definition) is 1. The Morgan fingerprint density at radius 2 is 1.62 bits per heavy atom. The number of amides is 2. The molecule has 0 aliphatic carbocycles. The van der Waals surface area contributed by atoms with Crippen molar-refractivity contribution in [2.45, 2.75) is 57.1 Å². The normalized spacial score (nSPS) is 12.6. The highest BCUT2D eigenvalue weighted by Gasteiger charge is 2.35. The number of carbonyl (C=O) groups excluding carboxylic acids is 2. The zero-order chi connectivity index (χ0) is 34.1. The van der Waals surface area contributed by atoms with E-state index in [1.54, 1.807) is 54.6 Å². The number of rotatable bonds is 14. The van der Waals surface area contributed by atoms with E-state index < -0.39 is 28.5 Å². The standard InChI is InChI=1S/C36H39Cl2N3O5S/c1-5-26(3)39-36(43)34(20-27-10-7-6-8-11-27)40(23-28-16-17-29(37)21-33(28)38)35(42)24-41(30-12-9-13-31(22-30)46-4)47(44,45)32-18-14-25(2)15-19-32/h6-19,21-22,26,34H,5,20,23-24H2,1-4H3,(H,39,43)/t26-,34-/m0/s1. The average Bonchev–Trinajstić information content (AvgIpc) is 3.06. The topological polar surface area (TPSA) is 96.0 Å². The van der Waals surface area contributed by atoms with Crippen molar-refractivity contribution in [3.8, 4) is 5.75 Å². The first-order valence-electron chi connectivity index (χ1n) is 15.2. The second kappa shape index (κ2) is 16.2. The minimum Gasteiger partial charge on any atom is -0.497 e. The molecule has 0 aliphatic rings. The number of nitrogens with zero attached hydrogens (tertiary/aromatic N) is 2. The van der Waals surface area contributed by atoms with E-state index in [0.29, 0.717) is 27.8 Å². The van der Waals surface area contributed by atoms with Crippen LogP contribution in [0.15, 0.2) is 102 Å². The van der Waals surface area contributed by atoms with Gasteiger partial charge in [-0.3, -0.25) is 13.9 Å². The van der Waals surface area contributed by atoms with Crippen molar-refractivity contribution in [3.63, 3.8) is 0 Å². The summed E-state index contributed by atoms with van der Waals surface area (Å²) in [6, 6.07) is 26.0. The summed E-state index contributed by atoms with van der Waals surface area (Å²) in [4.78, 5) is 30.0. The number of anilines is 1. The quantitative estimate of drug-likeness (QED) is 0.152. The van der Waals surface area contributed by atoms with Gasteiger partial charge in [0.25, 0.3) is 10.0 Å². The lowest BCUT2D eigenvalue weighted by atomic mass is 10.0. The smallest absolute Gasteiger partial charge is 0.264 e. The number of ether oxygens (including phenoxy) is 1. The molecule has 11 heteroatoms. The number of carbonyl (C=O) groups is 2. The van der Waals surface area contributed by atoms with Gasteiger partial charge >= 0.3 is 0 Å². The Kier molecular flexibility index (Phi) is 12.3. The summed E-state index contributed by atoms with van der Waals surface area (Å²) in [5.74, 6) is -0.551. The molecular weight excluding hydrogens is 657 g/mol. The van der Waals surface area contributed by atoms with E-state index in [1.807, 2.05) is 51.1 Å². The summed E-state index contributed by atoms with van der Waals surface area (Å²) < 4.78 is 34.9. The van der Waals surface area contributed by atoms with Gasteiger partial charge in [-0.15, -0.1) is 0 Å². The molecule has 1 N–H and O–H groups in total. The molecule has 0 bridgehead atoms. The third-order valence-corrected chi connectivity index (χ3v) is 10.2. The molecule has 0 unspecified atom stereocenters. The van der Waals surface area contributed by atoms with E-state index in [1.165, 1.54) is 24.1 Å². The molecule has 0 radical (unpaired) electrons. The van der Waals surface area contributed by atoms with Gasteiger partial charge in [0.15, 0.2) is 0 Å². The van der Waals surface area contributed by atoms with Gasteiger partial charge in [0, 0.05) is 35.1 Å². The molecule has 2 amide bonds. The van der Waals surface area contributed by atoms with Crippen molar-refractivity contribution < 1.29 is 22.7 Å². The molecule has 4 aromatic carbocycles. The molecule has 0 fully saturated rings. The molecule has 0 saturated carbocycles. The molecule has 0 heterocycles. The lowest BCUT2D eigenvalue weighted by Gasteiger charge is -2.34. The molecule has 4 aromatic rings. The van der Waals surface area contributed by atoms with Crippen molar-refractivity contribution in [1.29, 1.82) is 0 Å². The number of benzene rings is 4. The van der Waals surface area contributed by atoms with E-state index in [-0.39, 0.29) is 35.5 Å². The second-order valence-electron chi connectivity index (χ2n) is 11.3. The summed E-state index contributed by atoms with van der Waals surface area (Å²) >= 11 is 12.8. The van der Waals surface area contributed by atoms with Gasteiger partial charge in [-0.25, -0.2) is 8.42 Å². The van der Waals surface area contributed by atoms with E-state index in [9.17, 15) is 18.0 Å². The van der Waals surface area contributed by atoms with Gasteiger partial charge in [0.2, 0.25) is 11.8 Å². The van der Waals surface area contributed by atoms with Gasteiger partial charge in [-0.1, -0.05) is 90.3 Å². The maximum absolute atomic E-state index is 14.6. The zero-order valence-electron chi connectivity index (χ0n) is 26.8. The molecule has 0 saturated heterocycles. The SMILES string of the molecule is CC[C@H](C)NC(=O)[C@H](Cc1ccccc1)N(Cc1ccc(Cl)cc1Cl)C(=O)CN(c1cccc(OC)c1)S(=O)(=O)c1ccc(C)cc1. The highest BCUT2D eigenvalue weighted by Crippen LogP contribution is 2.29. The van der Waals surface area contributed by atoms with E-state index in [4.69, 9.17) is 27.9 Å². The number of methoxy groups -OCH3 is 1. The van der Waals surface area contributed by atoms with Crippen LogP contribution in [0, 0.1) is 6.92 Å². The van der Waals surface area contributed by atoms with E-state index in [2.05, 4.69) is 5.32 Å². The molecule has 8 nitrogen and oxygen atoms in total. The van der Waals surface area contributed by atoms with Crippen LogP contribution in [0.2, 0.25) is 10.0 Å². The molecule has 47 heavy (non-hydrogen) atoms. The summed E-state index contributed by atoms with van der Waals surface area (Å²) in [6.45, 7) is 5.03. The monoisotopic (exact) mass is 695 g/mol. The maximum atomic E-state index is 14.6. The second-order valence-corrected chi connectivity index (χ2v) is 14.0. The van der Waals surface area contributed by atoms with Crippen LogP contribution in [0.4, 0.5) is 5.69 Å². The van der Waals surface area contributed by atoms with Gasteiger partial charge in [-0.2, -0.15) is 0 Å². The van der Waals surface area contributed by atoms with Crippen LogP contribution in [0.3, 0.4) is 0 Å². The van der Waals surface area contributed by atoms with Crippen LogP contribution < -0.4 is 14.4 Å². The Bertz CT molecular complexity index is 1790. The van der Waals surface area contributed by atoms with Crippen LogP contribution in [-0.2, 0) is 32.6 Å². The first-order valence-corrected chi connectivity index (χ1v) is 17.4. The van der Waals surface area contributed by atoms with Crippen LogP contribution in [0.1, 0.15) is 37.0 Å². The van der Waals surface area contributed by atoms with Crippen molar-refractivity contribution in [2.24, 2.45) is 0 Å². The number of halogens is 2. The lowest BCUT2D eigenvalue weighted by molar-refractivity contribution is -0.140. The van der Waals surface area contributed by atoms with Crippen molar-refractivity contribution in [2.75, 3.05) is 18.0 Å². The first-order chi connectivity index (χ1) is 22.4. The molecule has 0 spiro atoms. The number of sulfonamides is 1. The summed E-state index contributed by atoms with van der Waals surface area (Å²) in [6.07, 6.45) is 0.864. The summed E-state index contributed by atoms with van der Waals surface area (Å²) in [5.41, 5.74) is 2.49. The van der Waals surface area contributed by atoms with E-state index in [0.717, 1.165) is 15.4 Å². The van der Waals surface area contributed by atoms with Gasteiger partial charge < -0.3 is 15.0 Å². The minimum atomic E-state index is -4.25. The number of hydrogen-bond acceptors (Lipinski definition) is 5. The van der Waals surface area contributed by atoms with Gasteiger partial charge in [-0.05, 0) is 67.8 Å². The number of aryl methyl sites for hydroxylation is 1. The highest BCUT2D eigenvalue weighted by molar-refractivity contribution is 7.92. The zero-order valence-corrected chi connectivity index (χ0v) is 29.1. The fraction of sp³-hybridized carbons (Fsp3) is 0.278. The summed E-state index contributed by atoms with van der Waals surface area (Å²) in [7, 11) is -2.78. The van der Waals surface area contributed by atoms with Gasteiger partial charge in [0.05, 0.1) is 17.7 Å². The third kappa shape index (κ3) is 9.28. The van der Waals surface area contributed by atoms with Crippen LogP contribution in [0.25, 0.3) is 0 Å². The minimum absolute atomic E-state index is 0.0152. The predicted molar refractivity (Wildman–Crippen MR) is 188 cm³/mol. The Hall–Kier alpha value is -4.05. The Morgan fingerprint density at radius 1 is 0.915 bits per heavy atom. The lowest BCUT2D eigenvalue weighted by Crippen LogP contribution is -2.54. The molecule has 248 valence electrons. The Labute approximate surface area is 287 Å². The van der Waals surface area contributed by atoms with Crippen molar-refractivity contribution in [1.82, 2.24) is 10.2 Å². The molecular formula is C36H39Cl2N3O5S. The van der Waals surface area contributed by atoms with Crippen molar-refractivity contribution in [3.05, 3.63) is 124 Å². The maximum Gasteiger partial charge on any atom is 0.264 e. The Morgan fingerprint density at radius 3 is 2.26 bits per heavy atom. The molecule has 2 atom stereocenters. The highest BCUT2D eigenvalue weighted by atomic mass is 35.5. The summed E-state index contributed by atoms with van der Waals surface area (Å²) in [5, 5.41) is 3.75. The molecule has 0 aromatic heterocycles. The fourth-order valence-electron chi connectivity index (χ4n) is 4.96. The molecule has 4 rings (SSSR count). The predicted octanol–water partition coefficient (Wildman–Crippen LogP) is 7.06. The largest absolute Gasteiger partial charge is 0.497 e. The van der Waals surface area contributed by atoms with Crippen LogP contribution in [0.5, 0.6) is 5.75 Å². The average molecular weight is 697 g/mol. The fourth-order valence-corrected chi connectivity index (χ4v) is 6.83. The molecule has 0 aliphatic heterocycles. The Balaban J connectivity index is 1.84. The van der Waals surface area contributed by atoms with Crippen LogP contribution >= 0.6 is 23.2 Å². The first kappa shape index (κ1) is 35.8. The third-order valence-electron chi connectivity index (χ3n) is 7.86. The number of nitrogens with one attached hydrogen (secondary N) is 1.